The Labute approximate surface area is 122 Å². The summed E-state index contributed by atoms with van der Waals surface area (Å²) in [6.07, 6.45) is 5.50. The first-order valence-electron chi connectivity index (χ1n) is 7.09. The average molecular weight is 290 g/mol. The van der Waals surface area contributed by atoms with E-state index >= 15 is 0 Å². The van der Waals surface area contributed by atoms with Gasteiger partial charge in [-0.3, -0.25) is 4.40 Å². The fraction of sp³-hybridized carbons (Fsp3) is 0.467. The number of imidazole rings is 1. The van der Waals surface area contributed by atoms with Gasteiger partial charge in [-0.1, -0.05) is 6.07 Å². The van der Waals surface area contributed by atoms with Crippen molar-refractivity contribution in [1.29, 1.82) is 0 Å². The maximum absolute atomic E-state index is 11.5. The first kappa shape index (κ1) is 13.9. The number of hydrogen-bond acceptors (Lipinski definition) is 4. The van der Waals surface area contributed by atoms with Crippen LogP contribution in [0.15, 0.2) is 24.4 Å². The molecule has 1 aliphatic carbocycles. The normalized spacial score (nSPS) is 22.3. The molecular weight excluding hydrogens is 272 g/mol. The molecule has 0 saturated heterocycles. The number of methoxy groups -OCH3 is 1. The van der Waals surface area contributed by atoms with Crippen LogP contribution >= 0.6 is 0 Å². The number of carboxylic acids is 1. The molecule has 0 amide bonds. The van der Waals surface area contributed by atoms with Gasteiger partial charge in [0.2, 0.25) is 5.88 Å². The van der Waals surface area contributed by atoms with Crippen LogP contribution in [0.3, 0.4) is 0 Å². The molecule has 1 fully saturated rings. The highest BCUT2D eigenvalue weighted by Crippen LogP contribution is 2.27. The van der Waals surface area contributed by atoms with E-state index in [9.17, 15) is 9.90 Å². The Hall–Kier alpha value is -2.08. The quantitative estimate of drug-likeness (QED) is 0.935. The summed E-state index contributed by atoms with van der Waals surface area (Å²) in [5, 5.41) is 9.41. The lowest BCUT2D eigenvalue weighted by atomic mass is 9.95. The van der Waals surface area contributed by atoms with E-state index in [4.69, 9.17) is 9.47 Å². The van der Waals surface area contributed by atoms with E-state index in [0.717, 1.165) is 25.7 Å². The third kappa shape index (κ3) is 2.71. The van der Waals surface area contributed by atoms with E-state index in [1.807, 2.05) is 6.07 Å². The minimum absolute atomic E-state index is 0.0493. The number of carboxylic acid groups (broad SMARTS) is 1. The Morgan fingerprint density at radius 1 is 1.38 bits per heavy atom. The van der Waals surface area contributed by atoms with Crippen LogP contribution in [0.2, 0.25) is 0 Å². The van der Waals surface area contributed by atoms with Crippen LogP contribution < -0.4 is 4.74 Å². The zero-order valence-electron chi connectivity index (χ0n) is 11.9. The topological polar surface area (TPSA) is 73.1 Å². The van der Waals surface area contributed by atoms with Crippen LogP contribution in [0, 0.1) is 0 Å². The minimum Gasteiger partial charge on any atom is -0.476 e. The molecule has 0 spiro atoms. The number of nitrogens with zero attached hydrogens (tertiary/aromatic N) is 2. The van der Waals surface area contributed by atoms with E-state index in [1.54, 1.807) is 25.4 Å². The van der Waals surface area contributed by atoms with E-state index < -0.39 is 5.97 Å². The highest BCUT2D eigenvalue weighted by atomic mass is 16.5. The zero-order chi connectivity index (χ0) is 14.8. The van der Waals surface area contributed by atoms with Crippen LogP contribution in [-0.4, -0.2) is 39.8 Å². The molecule has 2 heterocycles. The second-order valence-corrected chi connectivity index (χ2v) is 5.26. The molecule has 2 atom stereocenters. The lowest BCUT2D eigenvalue weighted by molar-refractivity contribution is 0.0191. The molecule has 1 aliphatic rings. The molecule has 21 heavy (non-hydrogen) atoms. The van der Waals surface area contributed by atoms with Gasteiger partial charge in [0.05, 0.1) is 6.10 Å². The number of aromatic nitrogens is 2. The van der Waals surface area contributed by atoms with E-state index in [2.05, 4.69) is 4.98 Å². The number of ether oxygens (including phenoxy) is 2. The van der Waals surface area contributed by atoms with Crippen LogP contribution in [0.5, 0.6) is 5.88 Å². The van der Waals surface area contributed by atoms with Gasteiger partial charge in [-0.15, -0.1) is 0 Å². The molecule has 2 unspecified atom stereocenters. The van der Waals surface area contributed by atoms with Gasteiger partial charge in [0.25, 0.3) is 0 Å². The molecule has 1 N–H and O–H groups in total. The number of hydrogen-bond donors (Lipinski definition) is 1. The molecule has 6 heteroatoms. The second-order valence-electron chi connectivity index (χ2n) is 5.26. The Morgan fingerprint density at radius 3 is 2.95 bits per heavy atom. The maximum Gasteiger partial charge on any atom is 0.358 e. The molecule has 6 nitrogen and oxygen atoms in total. The molecule has 2 aromatic rings. The van der Waals surface area contributed by atoms with Crippen molar-refractivity contribution in [2.45, 2.75) is 37.9 Å². The Bertz CT molecular complexity index is 652. The smallest absolute Gasteiger partial charge is 0.358 e. The van der Waals surface area contributed by atoms with Gasteiger partial charge in [-0.05, 0) is 31.4 Å². The molecular formula is C15H18N2O4. The molecule has 0 bridgehead atoms. The zero-order valence-corrected chi connectivity index (χ0v) is 11.9. The molecule has 2 aromatic heterocycles. The maximum atomic E-state index is 11.5. The van der Waals surface area contributed by atoms with Gasteiger partial charge in [-0.25, -0.2) is 4.79 Å². The van der Waals surface area contributed by atoms with Crippen molar-refractivity contribution in [2.75, 3.05) is 7.11 Å². The van der Waals surface area contributed by atoms with Gasteiger partial charge in [-0.2, -0.15) is 4.98 Å². The number of carbonyl (C=O) groups is 1. The molecule has 0 radical (unpaired) electrons. The lowest BCUT2D eigenvalue weighted by Crippen LogP contribution is -2.30. The third-order valence-corrected chi connectivity index (χ3v) is 3.89. The number of fused-ring (bicyclic) bond motifs is 1. The lowest BCUT2D eigenvalue weighted by Gasteiger charge is -2.28. The van der Waals surface area contributed by atoms with Crippen molar-refractivity contribution in [1.82, 2.24) is 9.38 Å². The fourth-order valence-corrected chi connectivity index (χ4v) is 2.83. The second kappa shape index (κ2) is 5.73. The van der Waals surface area contributed by atoms with Crippen molar-refractivity contribution < 1.29 is 19.4 Å². The number of pyridine rings is 1. The van der Waals surface area contributed by atoms with Gasteiger partial charge >= 0.3 is 5.97 Å². The number of rotatable bonds is 4. The summed E-state index contributed by atoms with van der Waals surface area (Å²) in [5.41, 5.74) is 0.647. The van der Waals surface area contributed by atoms with Crippen LogP contribution in [0.4, 0.5) is 0 Å². The van der Waals surface area contributed by atoms with Crippen molar-refractivity contribution in [3.05, 3.63) is 30.1 Å². The SMILES string of the molecule is COC1CCCC(Oc2nc3ccccn3c2C(=O)O)C1. The van der Waals surface area contributed by atoms with E-state index in [1.165, 1.54) is 4.40 Å². The van der Waals surface area contributed by atoms with Crippen LogP contribution in [0.1, 0.15) is 36.2 Å². The predicted octanol–water partition coefficient (Wildman–Crippen LogP) is 2.37. The average Bonchev–Trinajstić information content (AvgIpc) is 2.85. The number of aromatic carboxylic acids is 1. The predicted molar refractivity (Wildman–Crippen MR) is 75.8 cm³/mol. The highest BCUT2D eigenvalue weighted by molar-refractivity contribution is 5.89. The summed E-state index contributed by atoms with van der Waals surface area (Å²) in [7, 11) is 1.70. The van der Waals surface area contributed by atoms with Gasteiger partial charge in [0.15, 0.2) is 5.69 Å². The fourth-order valence-electron chi connectivity index (χ4n) is 2.83. The molecule has 0 aliphatic heterocycles. The Morgan fingerprint density at radius 2 is 2.19 bits per heavy atom. The molecule has 3 rings (SSSR count). The van der Waals surface area contributed by atoms with E-state index in [-0.39, 0.29) is 23.8 Å². The summed E-state index contributed by atoms with van der Waals surface area (Å²) in [4.78, 5) is 15.8. The molecule has 1 saturated carbocycles. The Balaban J connectivity index is 1.89. The third-order valence-electron chi connectivity index (χ3n) is 3.89. The van der Waals surface area contributed by atoms with E-state index in [0.29, 0.717) is 5.65 Å². The summed E-state index contributed by atoms with van der Waals surface area (Å²) >= 11 is 0. The first-order chi connectivity index (χ1) is 10.2. The summed E-state index contributed by atoms with van der Waals surface area (Å²) in [6.45, 7) is 0. The van der Waals surface area contributed by atoms with Gasteiger partial charge < -0.3 is 14.6 Å². The van der Waals surface area contributed by atoms with Crippen molar-refractivity contribution in [3.63, 3.8) is 0 Å². The minimum atomic E-state index is -1.04. The summed E-state index contributed by atoms with van der Waals surface area (Å²) < 4.78 is 12.8. The molecule has 112 valence electrons. The van der Waals surface area contributed by atoms with Gasteiger partial charge in [0, 0.05) is 19.7 Å². The summed E-state index contributed by atoms with van der Waals surface area (Å²) in [5.74, 6) is -0.849. The van der Waals surface area contributed by atoms with Crippen LogP contribution in [-0.2, 0) is 4.74 Å². The monoisotopic (exact) mass is 290 g/mol. The highest BCUT2D eigenvalue weighted by Gasteiger charge is 2.27. The first-order valence-corrected chi connectivity index (χ1v) is 7.09. The van der Waals surface area contributed by atoms with Crippen molar-refractivity contribution in [3.8, 4) is 5.88 Å². The van der Waals surface area contributed by atoms with Crippen molar-refractivity contribution in [2.24, 2.45) is 0 Å². The molecule has 0 aromatic carbocycles. The standard InChI is InChI=1S/C15H18N2O4/c1-20-10-5-4-6-11(9-10)21-14-13(15(18)19)17-8-3-2-7-12(17)16-14/h2-3,7-8,10-11H,4-6,9H2,1H3,(H,18,19). The van der Waals surface area contributed by atoms with Crippen molar-refractivity contribution >= 4 is 11.6 Å². The van der Waals surface area contributed by atoms with Gasteiger partial charge in [0.1, 0.15) is 11.8 Å². The Kier molecular flexibility index (Phi) is 3.79. The summed E-state index contributed by atoms with van der Waals surface area (Å²) in [6, 6.07) is 5.35. The van der Waals surface area contributed by atoms with Crippen LogP contribution in [0.25, 0.3) is 5.65 Å². The largest absolute Gasteiger partial charge is 0.476 e.